The molecular formula is C16H19N5O2. The largest absolute Gasteiger partial charge is 0.354 e. The molecule has 0 bridgehead atoms. The fourth-order valence-electron chi connectivity index (χ4n) is 2.80. The van der Waals surface area contributed by atoms with Crippen LogP contribution in [-0.2, 0) is 16.1 Å². The maximum Gasteiger partial charge on any atom is 0.225 e. The Morgan fingerprint density at radius 2 is 2.13 bits per heavy atom. The predicted molar refractivity (Wildman–Crippen MR) is 83.2 cm³/mol. The highest BCUT2D eigenvalue weighted by Gasteiger charge is 2.29. The fourth-order valence-corrected chi connectivity index (χ4v) is 2.80. The second kappa shape index (κ2) is 7.04. The van der Waals surface area contributed by atoms with Crippen LogP contribution in [0.15, 0.2) is 43.0 Å². The molecule has 0 radical (unpaired) electrons. The smallest absolute Gasteiger partial charge is 0.225 e. The molecule has 1 saturated heterocycles. The zero-order valence-corrected chi connectivity index (χ0v) is 12.8. The number of rotatable bonds is 4. The van der Waals surface area contributed by atoms with E-state index in [0.29, 0.717) is 32.5 Å². The summed E-state index contributed by atoms with van der Waals surface area (Å²) < 4.78 is 1.64. The summed E-state index contributed by atoms with van der Waals surface area (Å²) in [6.45, 7) is 1.48. The van der Waals surface area contributed by atoms with Gasteiger partial charge in [0.2, 0.25) is 11.8 Å². The third kappa shape index (κ3) is 3.74. The first-order valence-electron chi connectivity index (χ1n) is 7.67. The quantitative estimate of drug-likeness (QED) is 0.903. The summed E-state index contributed by atoms with van der Waals surface area (Å²) in [4.78, 5) is 30.2. The number of carbonyl (C=O) groups is 2. The first-order chi connectivity index (χ1) is 11.2. The van der Waals surface area contributed by atoms with Gasteiger partial charge in [0.1, 0.15) is 12.7 Å². The zero-order chi connectivity index (χ0) is 16.1. The molecule has 1 N–H and O–H groups in total. The van der Waals surface area contributed by atoms with Gasteiger partial charge in [-0.1, -0.05) is 30.3 Å². The highest BCUT2D eigenvalue weighted by atomic mass is 16.2. The van der Waals surface area contributed by atoms with Crippen LogP contribution in [0.2, 0.25) is 0 Å². The molecule has 1 unspecified atom stereocenters. The molecule has 1 fully saturated rings. The third-order valence-corrected chi connectivity index (χ3v) is 3.96. The monoisotopic (exact) mass is 313 g/mol. The lowest BCUT2D eigenvalue weighted by atomic mass is 10.0. The van der Waals surface area contributed by atoms with Crippen molar-refractivity contribution in [3.05, 3.63) is 48.5 Å². The van der Waals surface area contributed by atoms with E-state index in [2.05, 4.69) is 15.4 Å². The Bertz CT molecular complexity index is 656. The first kappa shape index (κ1) is 15.2. The second-order valence-electron chi connectivity index (χ2n) is 5.48. The maximum absolute atomic E-state index is 12.7. The lowest BCUT2D eigenvalue weighted by Gasteiger charge is -2.29. The van der Waals surface area contributed by atoms with Crippen LogP contribution >= 0.6 is 0 Å². The molecule has 1 aromatic carbocycles. The number of hydrogen-bond acceptors (Lipinski definition) is 4. The summed E-state index contributed by atoms with van der Waals surface area (Å²) in [5.41, 5.74) is 0.985. The minimum Gasteiger partial charge on any atom is -0.354 e. The van der Waals surface area contributed by atoms with Crippen molar-refractivity contribution in [1.82, 2.24) is 25.0 Å². The van der Waals surface area contributed by atoms with E-state index in [1.165, 1.54) is 6.33 Å². The van der Waals surface area contributed by atoms with Crippen molar-refractivity contribution in [3.63, 3.8) is 0 Å². The molecule has 1 atom stereocenters. The van der Waals surface area contributed by atoms with Crippen LogP contribution in [0.4, 0.5) is 0 Å². The van der Waals surface area contributed by atoms with Crippen LogP contribution in [0.25, 0.3) is 0 Å². The Hall–Kier alpha value is -2.70. The molecule has 23 heavy (non-hydrogen) atoms. The molecule has 0 spiro atoms. The van der Waals surface area contributed by atoms with Crippen molar-refractivity contribution in [1.29, 1.82) is 0 Å². The number of benzene rings is 1. The van der Waals surface area contributed by atoms with E-state index >= 15 is 0 Å². The number of nitrogens with zero attached hydrogens (tertiary/aromatic N) is 4. The van der Waals surface area contributed by atoms with Crippen molar-refractivity contribution in [2.24, 2.45) is 0 Å². The van der Waals surface area contributed by atoms with Gasteiger partial charge in [0, 0.05) is 19.5 Å². The molecule has 2 aromatic rings. The maximum atomic E-state index is 12.7. The van der Waals surface area contributed by atoms with Gasteiger partial charge in [0.05, 0.1) is 19.0 Å². The van der Waals surface area contributed by atoms with Crippen LogP contribution < -0.4 is 5.32 Å². The molecule has 0 aliphatic carbocycles. The van der Waals surface area contributed by atoms with Crippen LogP contribution in [0, 0.1) is 0 Å². The highest BCUT2D eigenvalue weighted by Crippen LogP contribution is 2.26. The summed E-state index contributed by atoms with van der Waals surface area (Å²) in [6.07, 6.45) is 3.67. The van der Waals surface area contributed by atoms with Gasteiger partial charge in [0.25, 0.3) is 0 Å². The standard InChI is InChI=1S/C16H19N5O2/c22-15-10-14(13-4-2-1-3-5-13)21(9-7-18-15)16(23)6-8-20-12-17-11-19-20/h1-5,11-12,14H,6-10H2,(H,18,22). The van der Waals surface area contributed by atoms with E-state index in [1.54, 1.807) is 15.9 Å². The van der Waals surface area contributed by atoms with Crippen molar-refractivity contribution >= 4 is 11.8 Å². The normalized spacial score (nSPS) is 18.3. The third-order valence-electron chi connectivity index (χ3n) is 3.96. The number of nitrogens with one attached hydrogen (secondary N) is 1. The Labute approximate surface area is 134 Å². The van der Waals surface area contributed by atoms with E-state index in [0.717, 1.165) is 5.56 Å². The summed E-state index contributed by atoms with van der Waals surface area (Å²) >= 11 is 0. The molecule has 0 saturated carbocycles. The van der Waals surface area contributed by atoms with Gasteiger partial charge in [-0.3, -0.25) is 14.3 Å². The van der Waals surface area contributed by atoms with Crippen LogP contribution in [-0.4, -0.2) is 44.6 Å². The topological polar surface area (TPSA) is 80.1 Å². The Kier molecular flexibility index (Phi) is 4.65. The number of aromatic nitrogens is 3. The minimum atomic E-state index is -0.220. The molecule has 7 heteroatoms. The zero-order valence-electron chi connectivity index (χ0n) is 12.8. The fraction of sp³-hybridized carbons (Fsp3) is 0.375. The number of aryl methyl sites for hydroxylation is 1. The van der Waals surface area contributed by atoms with Crippen molar-refractivity contribution in [2.75, 3.05) is 13.1 Å². The molecule has 120 valence electrons. The van der Waals surface area contributed by atoms with Gasteiger partial charge in [0.15, 0.2) is 0 Å². The van der Waals surface area contributed by atoms with Crippen molar-refractivity contribution < 1.29 is 9.59 Å². The predicted octanol–water partition coefficient (Wildman–Crippen LogP) is 0.758. The highest BCUT2D eigenvalue weighted by molar-refractivity contribution is 5.81. The van der Waals surface area contributed by atoms with Gasteiger partial charge >= 0.3 is 0 Å². The second-order valence-corrected chi connectivity index (χ2v) is 5.48. The summed E-state index contributed by atoms with van der Waals surface area (Å²) in [5.74, 6) is -0.00344. The van der Waals surface area contributed by atoms with E-state index in [-0.39, 0.29) is 17.9 Å². The van der Waals surface area contributed by atoms with Crippen LogP contribution in [0.1, 0.15) is 24.4 Å². The minimum absolute atomic E-state index is 0.0193. The first-order valence-corrected chi connectivity index (χ1v) is 7.67. The van der Waals surface area contributed by atoms with Gasteiger partial charge in [-0.05, 0) is 5.56 Å². The van der Waals surface area contributed by atoms with Gasteiger partial charge in [-0.25, -0.2) is 4.98 Å². The molecular weight excluding hydrogens is 294 g/mol. The van der Waals surface area contributed by atoms with Crippen LogP contribution in [0.3, 0.4) is 0 Å². The molecule has 7 nitrogen and oxygen atoms in total. The Balaban J connectivity index is 1.75. The summed E-state index contributed by atoms with van der Waals surface area (Å²) in [6, 6.07) is 9.48. The molecule has 3 rings (SSSR count). The van der Waals surface area contributed by atoms with Crippen molar-refractivity contribution in [2.45, 2.75) is 25.4 Å². The number of carbonyl (C=O) groups excluding carboxylic acids is 2. The van der Waals surface area contributed by atoms with E-state index in [4.69, 9.17) is 0 Å². The summed E-state index contributed by atoms with van der Waals surface area (Å²) in [7, 11) is 0. The average Bonchev–Trinajstić information content (AvgIpc) is 3.01. The molecule has 2 amide bonds. The lowest BCUT2D eigenvalue weighted by molar-refractivity contribution is -0.134. The van der Waals surface area contributed by atoms with Crippen molar-refractivity contribution in [3.8, 4) is 0 Å². The number of hydrogen-bond donors (Lipinski definition) is 1. The SMILES string of the molecule is O=C1CC(c2ccccc2)N(C(=O)CCn2cncn2)CCN1. The molecule has 2 heterocycles. The van der Waals surface area contributed by atoms with Crippen LogP contribution in [0.5, 0.6) is 0 Å². The number of amides is 2. The van der Waals surface area contributed by atoms with E-state index < -0.39 is 0 Å². The Morgan fingerprint density at radius 3 is 2.87 bits per heavy atom. The summed E-state index contributed by atoms with van der Waals surface area (Å²) in [5, 5.41) is 6.85. The van der Waals surface area contributed by atoms with E-state index in [9.17, 15) is 9.59 Å². The molecule has 1 aliphatic rings. The van der Waals surface area contributed by atoms with Gasteiger partial charge < -0.3 is 10.2 Å². The molecule has 1 aliphatic heterocycles. The average molecular weight is 313 g/mol. The Morgan fingerprint density at radius 1 is 1.30 bits per heavy atom. The van der Waals surface area contributed by atoms with Gasteiger partial charge in [-0.2, -0.15) is 5.10 Å². The van der Waals surface area contributed by atoms with E-state index in [1.807, 2.05) is 30.3 Å². The lowest BCUT2D eigenvalue weighted by Crippen LogP contribution is -2.37. The molecule has 1 aromatic heterocycles. The van der Waals surface area contributed by atoms with Gasteiger partial charge in [-0.15, -0.1) is 0 Å².